The number of aromatic nitrogens is 1. The molecule has 3 aromatic carbocycles. The van der Waals surface area contributed by atoms with Crippen LogP contribution in [0.5, 0.6) is 0 Å². The zero-order valence-electron chi connectivity index (χ0n) is 20.3. The van der Waals surface area contributed by atoms with E-state index >= 15 is 0 Å². The molecule has 0 amide bonds. The zero-order chi connectivity index (χ0) is 25.5. The fourth-order valence-electron chi connectivity index (χ4n) is 3.90. The van der Waals surface area contributed by atoms with Crippen molar-refractivity contribution >= 4 is 43.0 Å². The molecule has 0 atom stereocenters. The van der Waals surface area contributed by atoms with Gasteiger partial charge in [0, 0.05) is 22.9 Å². The molecule has 182 valence electrons. The summed E-state index contributed by atoms with van der Waals surface area (Å²) in [5.41, 5.74) is 3.02. The number of ketones is 1. The summed E-state index contributed by atoms with van der Waals surface area (Å²) in [6.07, 6.45) is 0. The number of anilines is 1. The van der Waals surface area contributed by atoms with Crippen LogP contribution in [0, 0.1) is 0 Å². The molecular weight excluding hydrogens is 480 g/mol. The van der Waals surface area contributed by atoms with Crippen LogP contribution < -0.4 is 9.60 Å². The lowest BCUT2D eigenvalue weighted by Gasteiger charge is -2.19. The van der Waals surface area contributed by atoms with Gasteiger partial charge in [0.2, 0.25) is 0 Å². The van der Waals surface area contributed by atoms with Crippen LogP contribution >= 0.6 is 11.3 Å². The molecule has 1 N–H and O–H groups in total. The third kappa shape index (κ3) is 5.09. The van der Waals surface area contributed by atoms with Crippen LogP contribution in [0.4, 0.5) is 5.69 Å². The Bertz CT molecular complexity index is 1570. The van der Waals surface area contributed by atoms with Gasteiger partial charge < -0.3 is 0 Å². The van der Waals surface area contributed by atoms with E-state index in [4.69, 9.17) is 0 Å². The number of fused-ring (bicyclic) bond motifs is 1. The van der Waals surface area contributed by atoms with E-state index in [0.29, 0.717) is 21.3 Å². The number of hydrogen-bond donors (Lipinski definition) is 1. The Morgan fingerprint density at radius 2 is 1.63 bits per heavy atom. The Morgan fingerprint density at radius 1 is 0.943 bits per heavy atom. The third-order valence-electron chi connectivity index (χ3n) is 5.80. The second kappa shape index (κ2) is 9.09. The van der Waals surface area contributed by atoms with Crippen LogP contribution in [0.15, 0.2) is 76.4 Å². The van der Waals surface area contributed by atoms with E-state index in [-0.39, 0.29) is 32.7 Å². The summed E-state index contributed by atoms with van der Waals surface area (Å²) in [5, 5.41) is 0. The number of nitrogens with one attached hydrogen (secondary N) is 1. The molecule has 0 fully saturated rings. The summed E-state index contributed by atoms with van der Waals surface area (Å²) in [5.74, 6) is -0.187. The normalized spacial score (nSPS) is 12.3. The van der Waals surface area contributed by atoms with Crippen molar-refractivity contribution in [2.24, 2.45) is 0 Å². The van der Waals surface area contributed by atoms with Crippen LogP contribution in [0.2, 0.25) is 0 Å². The van der Waals surface area contributed by atoms with Crippen molar-refractivity contribution in [3.63, 3.8) is 0 Å². The van der Waals surface area contributed by atoms with E-state index in [1.807, 2.05) is 26.0 Å². The number of thiazole rings is 1. The molecule has 6 nitrogen and oxygen atoms in total. The molecule has 4 rings (SSSR count). The summed E-state index contributed by atoms with van der Waals surface area (Å²) in [4.78, 5) is 25.3. The lowest BCUT2D eigenvalue weighted by Crippen LogP contribution is -2.15. The van der Waals surface area contributed by atoms with Crippen LogP contribution in [-0.2, 0) is 15.4 Å². The standard InChI is InChI=1S/C27H28N2O4S2/c1-17(2)29-23-14-13-22(16-24(23)34-26(29)31)35(32,33)28-21-8-6-7-19(15-21)25(30)18-9-11-20(12-10-18)27(3,4)5/h6-17,28H,1-5H3. The first-order chi connectivity index (χ1) is 16.4. The molecule has 35 heavy (non-hydrogen) atoms. The minimum absolute atomic E-state index is 0.0177. The molecule has 4 aromatic rings. The van der Waals surface area contributed by atoms with Crippen molar-refractivity contribution in [2.45, 2.75) is 51.0 Å². The molecular formula is C27H28N2O4S2. The highest BCUT2D eigenvalue weighted by atomic mass is 32.2. The van der Waals surface area contributed by atoms with Gasteiger partial charge >= 0.3 is 4.87 Å². The monoisotopic (exact) mass is 508 g/mol. The molecule has 0 saturated carbocycles. The minimum Gasteiger partial charge on any atom is -0.296 e. The Hall–Kier alpha value is -3.23. The summed E-state index contributed by atoms with van der Waals surface area (Å²) < 4.78 is 31.0. The van der Waals surface area contributed by atoms with Gasteiger partial charge in [0.05, 0.1) is 15.1 Å². The second-order valence-electron chi connectivity index (χ2n) is 9.80. The molecule has 0 radical (unpaired) electrons. The van der Waals surface area contributed by atoms with Crippen molar-refractivity contribution in [3.8, 4) is 0 Å². The maximum absolute atomic E-state index is 13.1. The number of nitrogens with zero attached hydrogens (tertiary/aromatic N) is 1. The van der Waals surface area contributed by atoms with E-state index in [1.165, 1.54) is 18.2 Å². The number of benzene rings is 3. The SMILES string of the molecule is CC(C)n1c(=O)sc2cc(S(=O)(=O)Nc3cccc(C(=O)c4ccc(C(C)(C)C)cc4)c3)ccc21. The number of hydrogen-bond acceptors (Lipinski definition) is 5. The predicted octanol–water partition coefficient (Wildman–Crippen LogP) is 5.97. The molecule has 0 unspecified atom stereocenters. The number of rotatable bonds is 6. The third-order valence-corrected chi connectivity index (χ3v) is 8.10. The van der Waals surface area contributed by atoms with Crippen molar-refractivity contribution < 1.29 is 13.2 Å². The molecule has 0 bridgehead atoms. The molecule has 8 heteroatoms. The highest BCUT2D eigenvalue weighted by Crippen LogP contribution is 2.26. The van der Waals surface area contributed by atoms with Gasteiger partial charge in [-0.15, -0.1) is 0 Å². The zero-order valence-corrected chi connectivity index (χ0v) is 22.0. The largest absolute Gasteiger partial charge is 0.308 e. The van der Waals surface area contributed by atoms with Crippen LogP contribution in [0.3, 0.4) is 0 Å². The Balaban J connectivity index is 1.60. The summed E-state index contributed by atoms with van der Waals surface area (Å²) >= 11 is 1.02. The summed E-state index contributed by atoms with van der Waals surface area (Å²) in [6.45, 7) is 10.1. The first-order valence-corrected chi connectivity index (χ1v) is 13.6. The fourth-order valence-corrected chi connectivity index (χ4v) is 6.10. The smallest absolute Gasteiger partial charge is 0.296 e. The summed E-state index contributed by atoms with van der Waals surface area (Å²) in [7, 11) is -3.92. The Morgan fingerprint density at radius 3 is 2.26 bits per heavy atom. The molecule has 0 aliphatic carbocycles. The van der Waals surface area contributed by atoms with Gasteiger partial charge in [-0.25, -0.2) is 8.42 Å². The highest BCUT2D eigenvalue weighted by molar-refractivity contribution is 7.92. The Labute approximate surface area is 209 Å². The molecule has 1 heterocycles. The van der Waals surface area contributed by atoms with Crippen molar-refractivity contribution in [2.75, 3.05) is 4.72 Å². The molecule has 0 aliphatic rings. The van der Waals surface area contributed by atoms with Gasteiger partial charge in [-0.05, 0) is 55.2 Å². The maximum Gasteiger partial charge on any atom is 0.308 e. The van der Waals surface area contributed by atoms with Crippen molar-refractivity contribution in [1.29, 1.82) is 0 Å². The molecule has 0 saturated heterocycles. The van der Waals surface area contributed by atoms with Crippen molar-refractivity contribution in [3.05, 3.63) is 93.1 Å². The number of carbonyl (C=O) groups excluding carboxylic acids is 1. The average molecular weight is 509 g/mol. The van der Waals surface area contributed by atoms with E-state index in [0.717, 1.165) is 16.9 Å². The fraction of sp³-hybridized carbons (Fsp3) is 0.259. The maximum atomic E-state index is 13.1. The van der Waals surface area contributed by atoms with Gasteiger partial charge in [0.1, 0.15) is 0 Å². The van der Waals surface area contributed by atoms with Gasteiger partial charge in [-0.1, -0.05) is 68.5 Å². The van der Waals surface area contributed by atoms with Gasteiger partial charge in [0.25, 0.3) is 10.0 Å². The van der Waals surface area contributed by atoms with Crippen LogP contribution in [-0.4, -0.2) is 18.8 Å². The van der Waals surface area contributed by atoms with Gasteiger partial charge in [0.15, 0.2) is 5.78 Å². The topological polar surface area (TPSA) is 85.2 Å². The predicted molar refractivity (Wildman–Crippen MR) is 142 cm³/mol. The summed E-state index contributed by atoms with van der Waals surface area (Å²) in [6, 6.07) is 18.5. The number of sulfonamides is 1. The van der Waals surface area contributed by atoms with E-state index in [9.17, 15) is 18.0 Å². The second-order valence-corrected chi connectivity index (χ2v) is 12.5. The first-order valence-electron chi connectivity index (χ1n) is 11.3. The van der Waals surface area contributed by atoms with E-state index in [1.54, 1.807) is 41.0 Å². The molecule has 0 aliphatic heterocycles. The molecule has 0 spiro atoms. The van der Waals surface area contributed by atoms with Crippen LogP contribution in [0.25, 0.3) is 10.2 Å². The van der Waals surface area contributed by atoms with E-state index < -0.39 is 10.0 Å². The van der Waals surface area contributed by atoms with Gasteiger partial charge in [-0.2, -0.15) is 0 Å². The number of carbonyl (C=O) groups is 1. The van der Waals surface area contributed by atoms with Crippen LogP contribution in [0.1, 0.15) is 62.1 Å². The average Bonchev–Trinajstić information content (AvgIpc) is 3.13. The first kappa shape index (κ1) is 24.9. The quantitative estimate of drug-likeness (QED) is 0.325. The van der Waals surface area contributed by atoms with Crippen molar-refractivity contribution in [1.82, 2.24) is 4.57 Å². The molecule has 1 aromatic heterocycles. The lowest BCUT2D eigenvalue weighted by molar-refractivity contribution is 0.103. The van der Waals surface area contributed by atoms with Gasteiger partial charge in [-0.3, -0.25) is 18.9 Å². The highest BCUT2D eigenvalue weighted by Gasteiger charge is 2.19. The Kier molecular flexibility index (Phi) is 6.46. The van der Waals surface area contributed by atoms with E-state index in [2.05, 4.69) is 25.5 Å². The minimum atomic E-state index is -3.92. The lowest BCUT2D eigenvalue weighted by atomic mass is 9.86.